The van der Waals surface area contributed by atoms with E-state index >= 15 is 0 Å². The van der Waals surface area contributed by atoms with Crippen molar-refractivity contribution < 1.29 is 4.79 Å². The second-order valence-electron chi connectivity index (χ2n) is 4.94. The maximum Gasteiger partial charge on any atom is 0.219 e. The molecule has 1 N–H and O–H groups in total. The standard InChI is InChI=1S/C14H21ClN4O/c1-3-16-14-5-4-12(15)13(17-14)10-18-6-8-19(9-7-18)11(2)20/h4-5H,3,6-10H2,1-2H3,(H,16,17). The Bertz CT molecular complexity index is 472. The SMILES string of the molecule is CCNc1ccc(Cl)c(CN2CCN(C(C)=O)CC2)n1. The lowest BCUT2D eigenvalue weighted by molar-refractivity contribution is -0.130. The van der Waals surface area contributed by atoms with E-state index in [1.165, 1.54) is 0 Å². The highest BCUT2D eigenvalue weighted by atomic mass is 35.5. The maximum atomic E-state index is 11.3. The molecular weight excluding hydrogens is 276 g/mol. The van der Waals surface area contributed by atoms with Gasteiger partial charge >= 0.3 is 0 Å². The molecule has 0 radical (unpaired) electrons. The Balaban J connectivity index is 1.97. The van der Waals surface area contributed by atoms with Crippen molar-refractivity contribution in [1.29, 1.82) is 0 Å². The van der Waals surface area contributed by atoms with Gasteiger partial charge in [-0.25, -0.2) is 4.98 Å². The van der Waals surface area contributed by atoms with Gasteiger partial charge in [0.1, 0.15) is 5.82 Å². The number of amides is 1. The largest absolute Gasteiger partial charge is 0.370 e. The summed E-state index contributed by atoms with van der Waals surface area (Å²) >= 11 is 6.21. The number of nitrogens with one attached hydrogen (secondary N) is 1. The number of pyridine rings is 1. The summed E-state index contributed by atoms with van der Waals surface area (Å²) in [7, 11) is 0. The van der Waals surface area contributed by atoms with Crippen molar-refractivity contribution in [3.05, 3.63) is 22.8 Å². The third-order valence-corrected chi connectivity index (χ3v) is 3.81. The smallest absolute Gasteiger partial charge is 0.219 e. The molecule has 6 heteroatoms. The van der Waals surface area contributed by atoms with Gasteiger partial charge in [-0.1, -0.05) is 11.6 Å². The van der Waals surface area contributed by atoms with Crippen LogP contribution in [0.2, 0.25) is 5.02 Å². The molecule has 0 spiro atoms. The van der Waals surface area contributed by atoms with Crippen molar-refractivity contribution in [2.24, 2.45) is 0 Å². The van der Waals surface area contributed by atoms with Crippen LogP contribution in [0.15, 0.2) is 12.1 Å². The normalized spacial score (nSPS) is 16.2. The highest BCUT2D eigenvalue weighted by molar-refractivity contribution is 6.31. The predicted molar refractivity (Wildman–Crippen MR) is 80.9 cm³/mol. The molecule has 1 saturated heterocycles. The van der Waals surface area contributed by atoms with Gasteiger partial charge < -0.3 is 10.2 Å². The molecule has 2 heterocycles. The fourth-order valence-corrected chi connectivity index (χ4v) is 2.47. The van der Waals surface area contributed by atoms with Gasteiger partial charge in [0.2, 0.25) is 5.91 Å². The van der Waals surface area contributed by atoms with Gasteiger partial charge in [-0.2, -0.15) is 0 Å². The lowest BCUT2D eigenvalue weighted by atomic mass is 10.2. The first kappa shape index (κ1) is 15.1. The number of carbonyl (C=O) groups is 1. The van der Waals surface area contributed by atoms with Gasteiger partial charge in [0, 0.05) is 46.2 Å². The summed E-state index contributed by atoms with van der Waals surface area (Å²) in [5.41, 5.74) is 0.890. The molecule has 1 fully saturated rings. The Hall–Kier alpha value is -1.33. The first-order valence-electron chi connectivity index (χ1n) is 6.97. The van der Waals surface area contributed by atoms with Crippen LogP contribution < -0.4 is 5.32 Å². The molecule has 0 saturated carbocycles. The van der Waals surface area contributed by atoms with Crippen LogP contribution in [0.1, 0.15) is 19.5 Å². The van der Waals surface area contributed by atoms with E-state index in [1.807, 2.05) is 24.0 Å². The van der Waals surface area contributed by atoms with Crippen molar-refractivity contribution in [2.75, 3.05) is 38.0 Å². The lowest BCUT2D eigenvalue weighted by Gasteiger charge is -2.34. The summed E-state index contributed by atoms with van der Waals surface area (Å²) in [6.07, 6.45) is 0. The predicted octanol–water partition coefficient (Wildman–Crippen LogP) is 1.83. The van der Waals surface area contributed by atoms with Crippen molar-refractivity contribution in [3.63, 3.8) is 0 Å². The summed E-state index contributed by atoms with van der Waals surface area (Å²) in [5, 5.41) is 3.89. The number of hydrogen-bond donors (Lipinski definition) is 1. The molecule has 1 aromatic heterocycles. The van der Waals surface area contributed by atoms with Crippen molar-refractivity contribution in [1.82, 2.24) is 14.8 Å². The average molecular weight is 297 g/mol. The monoisotopic (exact) mass is 296 g/mol. The van der Waals surface area contributed by atoms with Crippen LogP contribution in [0.4, 0.5) is 5.82 Å². The lowest BCUT2D eigenvalue weighted by Crippen LogP contribution is -2.47. The van der Waals surface area contributed by atoms with Crippen molar-refractivity contribution in [2.45, 2.75) is 20.4 Å². The van der Waals surface area contributed by atoms with Crippen LogP contribution in [-0.4, -0.2) is 53.4 Å². The molecule has 2 rings (SSSR count). The fraction of sp³-hybridized carbons (Fsp3) is 0.571. The molecule has 1 aromatic rings. The maximum absolute atomic E-state index is 11.3. The number of piperazine rings is 1. The summed E-state index contributed by atoms with van der Waals surface area (Å²) in [4.78, 5) is 20.0. The minimum atomic E-state index is 0.148. The van der Waals surface area contributed by atoms with Crippen LogP contribution in [-0.2, 0) is 11.3 Å². The molecule has 0 aliphatic carbocycles. The van der Waals surface area contributed by atoms with Gasteiger partial charge in [0.05, 0.1) is 10.7 Å². The number of carbonyl (C=O) groups excluding carboxylic acids is 1. The second kappa shape index (κ2) is 6.90. The number of nitrogens with zero attached hydrogens (tertiary/aromatic N) is 3. The van der Waals surface area contributed by atoms with E-state index in [1.54, 1.807) is 6.92 Å². The highest BCUT2D eigenvalue weighted by Gasteiger charge is 2.19. The minimum absolute atomic E-state index is 0.148. The van der Waals surface area contributed by atoms with E-state index < -0.39 is 0 Å². The van der Waals surface area contributed by atoms with Crippen molar-refractivity contribution >= 4 is 23.3 Å². The molecule has 20 heavy (non-hydrogen) atoms. The van der Waals surface area contributed by atoms with E-state index in [0.717, 1.165) is 50.8 Å². The first-order valence-corrected chi connectivity index (χ1v) is 7.35. The van der Waals surface area contributed by atoms with Crippen molar-refractivity contribution in [3.8, 4) is 0 Å². The topological polar surface area (TPSA) is 48.5 Å². The molecule has 5 nitrogen and oxygen atoms in total. The Kier molecular flexibility index (Phi) is 5.20. The minimum Gasteiger partial charge on any atom is -0.370 e. The molecule has 1 amide bonds. The fourth-order valence-electron chi connectivity index (χ4n) is 2.31. The molecule has 1 aliphatic heterocycles. The number of aromatic nitrogens is 1. The zero-order chi connectivity index (χ0) is 14.5. The highest BCUT2D eigenvalue weighted by Crippen LogP contribution is 2.19. The van der Waals surface area contributed by atoms with E-state index in [2.05, 4.69) is 15.2 Å². The summed E-state index contributed by atoms with van der Waals surface area (Å²) < 4.78 is 0. The number of rotatable bonds is 4. The van der Waals surface area contributed by atoms with Gasteiger partial charge in [-0.3, -0.25) is 9.69 Å². The zero-order valence-corrected chi connectivity index (χ0v) is 12.8. The molecule has 0 bridgehead atoms. The summed E-state index contributed by atoms with van der Waals surface area (Å²) in [5.74, 6) is 1.00. The van der Waals surface area contributed by atoms with E-state index in [9.17, 15) is 4.79 Å². The van der Waals surface area contributed by atoms with Crippen LogP contribution in [0, 0.1) is 0 Å². The number of halogens is 1. The van der Waals surface area contributed by atoms with E-state index in [4.69, 9.17) is 11.6 Å². The number of hydrogen-bond acceptors (Lipinski definition) is 4. The Morgan fingerprint density at radius 2 is 2.05 bits per heavy atom. The first-order chi connectivity index (χ1) is 9.60. The van der Waals surface area contributed by atoms with E-state index in [-0.39, 0.29) is 5.91 Å². The molecule has 1 aliphatic rings. The van der Waals surface area contributed by atoms with Gasteiger partial charge in [0.15, 0.2) is 0 Å². The zero-order valence-electron chi connectivity index (χ0n) is 12.0. The van der Waals surface area contributed by atoms with Crippen LogP contribution in [0.5, 0.6) is 0 Å². The quantitative estimate of drug-likeness (QED) is 0.921. The van der Waals surface area contributed by atoms with Crippen LogP contribution >= 0.6 is 11.6 Å². The van der Waals surface area contributed by atoms with Gasteiger partial charge in [0.25, 0.3) is 0 Å². The molecule has 0 unspecified atom stereocenters. The Morgan fingerprint density at radius 1 is 1.35 bits per heavy atom. The van der Waals surface area contributed by atoms with Crippen LogP contribution in [0.25, 0.3) is 0 Å². The Labute approximate surface area is 124 Å². The summed E-state index contributed by atoms with van der Waals surface area (Å²) in [6, 6.07) is 3.77. The average Bonchev–Trinajstić information content (AvgIpc) is 2.43. The van der Waals surface area contributed by atoms with Gasteiger partial charge in [-0.15, -0.1) is 0 Å². The second-order valence-corrected chi connectivity index (χ2v) is 5.34. The summed E-state index contributed by atoms with van der Waals surface area (Å²) in [6.45, 7) is 8.51. The number of anilines is 1. The van der Waals surface area contributed by atoms with E-state index in [0.29, 0.717) is 5.02 Å². The Morgan fingerprint density at radius 3 is 2.65 bits per heavy atom. The van der Waals surface area contributed by atoms with Gasteiger partial charge in [-0.05, 0) is 19.1 Å². The molecule has 110 valence electrons. The third-order valence-electron chi connectivity index (χ3n) is 3.47. The van der Waals surface area contributed by atoms with Crippen LogP contribution in [0.3, 0.4) is 0 Å². The third kappa shape index (κ3) is 3.84. The molecule has 0 atom stereocenters. The molecule has 0 aromatic carbocycles. The molecular formula is C14H21ClN4O.